The number of halogens is 1. The molecule has 0 aliphatic carbocycles. The van der Waals surface area contributed by atoms with Crippen LogP contribution in [0.5, 0.6) is 0 Å². The Bertz CT molecular complexity index is 368. The number of nitrogens with two attached hydrogens (primary N) is 1. The molecule has 0 saturated heterocycles. The molecule has 1 aromatic heterocycles. The molecule has 1 rings (SSSR count). The molecule has 0 saturated carbocycles. The molecule has 0 aromatic carbocycles. The van der Waals surface area contributed by atoms with Crippen LogP contribution in [0.1, 0.15) is 20.3 Å². The topological polar surface area (TPSA) is 68.0 Å². The number of anilines is 1. The van der Waals surface area contributed by atoms with Crippen molar-refractivity contribution in [1.82, 2.24) is 4.98 Å². The van der Waals surface area contributed by atoms with E-state index in [-0.39, 0.29) is 5.91 Å². The van der Waals surface area contributed by atoms with Crippen LogP contribution in [0.3, 0.4) is 0 Å². The molecule has 5 heteroatoms. The molecule has 0 aliphatic heterocycles. The number of hydrogen-bond donors (Lipinski definition) is 2. The van der Waals surface area contributed by atoms with Gasteiger partial charge in [-0.15, -0.1) is 0 Å². The van der Waals surface area contributed by atoms with Crippen molar-refractivity contribution in [3.8, 4) is 0 Å². The van der Waals surface area contributed by atoms with Crippen molar-refractivity contribution >= 4 is 23.3 Å². The van der Waals surface area contributed by atoms with Gasteiger partial charge < -0.3 is 11.1 Å². The molecular formula is C11H16ClN3O. The lowest BCUT2D eigenvalue weighted by Crippen LogP contribution is -2.36. The van der Waals surface area contributed by atoms with Gasteiger partial charge in [0.1, 0.15) is 11.0 Å². The zero-order chi connectivity index (χ0) is 12.1. The van der Waals surface area contributed by atoms with Crippen LogP contribution in [-0.4, -0.2) is 16.9 Å². The SMILES string of the molecule is CC(C)C[C@@H](N)C(=O)Nc1cccc(Cl)n1. The van der Waals surface area contributed by atoms with Gasteiger partial charge in [-0.25, -0.2) is 4.98 Å². The van der Waals surface area contributed by atoms with Gasteiger partial charge in [-0.3, -0.25) is 4.79 Å². The maximum Gasteiger partial charge on any atom is 0.242 e. The second-order valence-electron chi connectivity index (χ2n) is 4.07. The third kappa shape index (κ3) is 4.16. The van der Waals surface area contributed by atoms with E-state index in [9.17, 15) is 4.79 Å². The second-order valence-corrected chi connectivity index (χ2v) is 4.46. The molecule has 1 amide bonds. The van der Waals surface area contributed by atoms with Crippen LogP contribution < -0.4 is 11.1 Å². The quantitative estimate of drug-likeness (QED) is 0.793. The fourth-order valence-electron chi connectivity index (χ4n) is 1.31. The number of aromatic nitrogens is 1. The minimum Gasteiger partial charge on any atom is -0.320 e. The van der Waals surface area contributed by atoms with Gasteiger partial charge in [0, 0.05) is 0 Å². The number of carbonyl (C=O) groups excluding carboxylic acids is 1. The normalized spacial score (nSPS) is 12.6. The Hall–Kier alpha value is -1.13. The first kappa shape index (κ1) is 12.9. The zero-order valence-corrected chi connectivity index (χ0v) is 10.2. The van der Waals surface area contributed by atoms with Crippen molar-refractivity contribution in [1.29, 1.82) is 0 Å². The van der Waals surface area contributed by atoms with Gasteiger partial charge in [-0.1, -0.05) is 31.5 Å². The first-order chi connectivity index (χ1) is 7.49. The highest BCUT2D eigenvalue weighted by Gasteiger charge is 2.15. The van der Waals surface area contributed by atoms with E-state index in [1.54, 1.807) is 18.2 Å². The lowest BCUT2D eigenvalue weighted by molar-refractivity contribution is -0.117. The lowest BCUT2D eigenvalue weighted by atomic mass is 10.0. The highest BCUT2D eigenvalue weighted by molar-refractivity contribution is 6.29. The van der Waals surface area contributed by atoms with Crippen LogP contribution in [0.15, 0.2) is 18.2 Å². The molecule has 3 N–H and O–H groups in total. The van der Waals surface area contributed by atoms with E-state index in [2.05, 4.69) is 10.3 Å². The van der Waals surface area contributed by atoms with E-state index < -0.39 is 6.04 Å². The minimum atomic E-state index is -0.513. The van der Waals surface area contributed by atoms with Crippen molar-refractivity contribution in [3.63, 3.8) is 0 Å². The van der Waals surface area contributed by atoms with Gasteiger partial charge in [0.2, 0.25) is 5.91 Å². The Morgan fingerprint density at radius 2 is 2.25 bits per heavy atom. The summed E-state index contributed by atoms with van der Waals surface area (Å²) in [5, 5.41) is 2.97. The number of nitrogens with one attached hydrogen (secondary N) is 1. The van der Waals surface area contributed by atoms with Crippen LogP contribution >= 0.6 is 11.6 Å². The molecule has 0 spiro atoms. The van der Waals surface area contributed by atoms with Crippen LogP contribution in [0.25, 0.3) is 0 Å². The van der Waals surface area contributed by atoms with Gasteiger partial charge in [0.25, 0.3) is 0 Å². The second kappa shape index (κ2) is 5.82. The Morgan fingerprint density at radius 3 is 2.81 bits per heavy atom. The van der Waals surface area contributed by atoms with Crippen LogP contribution in [-0.2, 0) is 4.79 Å². The minimum absolute atomic E-state index is 0.233. The van der Waals surface area contributed by atoms with E-state index in [4.69, 9.17) is 17.3 Å². The average molecular weight is 242 g/mol. The Labute approximate surface area is 100 Å². The molecule has 1 heterocycles. The van der Waals surface area contributed by atoms with E-state index in [1.807, 2.05) is 13.8 Å². The van der Waals surface area contributed by atoms with Crippen LogP contribution in [0.2, 0.25) is 5.15 Å². The molecule has 88 valence electrons. The zero-order valence-electron chi connectivity index (χ0n) is 9.40. The largest absolute Gasteiger partial charge is 0.320 e. The van der Waals surface area contributed by atoms with E-state index >= 15 is 0 Å². The van der Waals surface area contributed by atoms with Crippen molar-refractivity contribution < 1.29 is 4.79 Å². The predicted octanol–water partition coefficient (Wildman–Crippen LogP) is 2.05. The summed E-state index contributed by atoms with van der Waals surface area (Å²) in [6, 6.07) is 4.52. The molecule has 0 radical (unpaired) electrons. The van der Waals surface area contributed by atoms with Gasteiger partial charge in [0.15, 0.2) is 0 Å². The summed E-state index contributed by atoms with van der Waals surface area (Å²) in [7, 11) is 0. The highest BCUT2D eigenvalue weighted by atomic mass is 35.5. The van der Waals surface area contributed by atoms with E-state index in [0.29, 0.717) is 23.3 Å². The molecule has 0 fully saturated rings. The van der Waals surface area contributed by atoms with Gasteiger partial charge in [0.05, 0.1) is 6.04 Å². The van der Waals surface area contributed by atoms with Crippen LogP contribution in [0.4, 0.5) is 5.82 Å². The molecular weight excluding hydrogens is 226 g/mol. The average Bonchev–Trinajstić information content (AvgIpc) is 2.16. The monoisotopic (exact) mass is 241 g/mol. The molecule has 0 aliphatic rings. The first-order valence-electron chi connectivity index (χ1n) is 5.18. The van der Waals surface area contributed by atoms with Gasteiger partial charge in [-0.2, -0.15) is 0 Å². The first-order valence-corrected chi connectivity index (χ1v) is 5.56. The van der Waals surface area contributed by atoms with E-state index in [0.717, 1.165) is 0 Å². The number of nitrogens with zero attached hydrogens (tertiary/aromatic N) is 1. The summed E-state index contributed by atoms with van der Waals surface area (Å²) >= 11 is 5.70. The number of rotatable bonds is 4. The maximum atomic E-state index is 11.6. The summed E-state index contributed by atoms with van der Waals surface area (Å²) in [4.78, 5) is 15.6. The summed E-state index contributed by atoms with van der Waals surface area (Å²) in [5.41, 5.74) is 5.73. The summed E-state index contributed by atoms with van der Waals surface area (Å²) in [6.45, 7) is 4.04. The fourth-order valence-corrected chi connectivity index (χ4v) is 1.48. The van der Waals surface area contributed by atoms with Crippen molar-refractivity contribution in [2.24, 2.45) is 11.7 Å². The number of carbonyl (C=O) groups is 1. The molecule has 0 bridgehead atoms. The smallest absolute Gasteiger partial charge is 0.242 e. The molecule has 1 atom stereocenters. The Morgan fingerprint density at radius 1 is 1.56 bits per heavy atom. The van der Waals surface area contributed by atoms with Crippen molar-refractivity contribution in [2.45, 2.75) is 26.3 Å². The van der Waals surface area contributed by atoms with Crippen LogP contribution in [0, 0.1) is 5.92 Å². The van der Waals surface area contributed by atoms with E-state index in [1.165, 1.54) is 0 Å². The molecule has 0 unspecified atom stereocenters. The molecule has 1 aromatic rings. The fraction of sp³-hybridized carbons (Fsp3) is 0.455. The third-order valence-corrected chi connectivity index (χ3v) is 2.24. The highest BCUT2D eigenvalue weighted by Crippen LogP contribution is 2.10. The van der Waals surface area contributed by atoms with Crippen molar-refractivity contribution in [2.75, 3.05) is 5.32 Å². The number of hydrogen-bond acceptors (Lipinski definition) is 3. The Kier molecular flexibility index (Phi) is 4.71. The summed E-state index contributed by atoms with van der Waals surface area (Å²) < 4.78 is 0. The van der Waals surface area contributed by atoms with Gasteiger partial charge >= 0.3 is 0 Å². The van der Waals surface area contributed by atoms with Crippen molar-refractivity contribution in [3.05, 3.63) is 23.4 Å². The summed E-state index contributed by atoms with van der Waals surface area (Å²) in [6.07, 6.45) is 0.645. The standard InChI is InChI=1S/C11H16ClN3O/c1-7(2)6-8(13)11(16)15-10-5-3-4-9(12)14-10/h3-5,7-8H,6,13H2,1-2H3,(H,14,15,16)/t8-/m1/s1. The summed E-state index contributed by atoms with van der Waals surface area (Å²) in [5.74, 6) is 0.577. The number of pyridine rings is 1. The molecule has 4 nitrogen and oxygen atoms in total. The lowest BCUT2D eigenvalue weighted by Gasteiger charge is -2.13. The maximum absolute atomic E-state index is 11.6. The van der Waals surface area contributed by atoms with Gasteiger partial charge in [-0.05, 0) is 24.5 Å². The predicted molar refractivity (Wildman–Crippen MR) is 65.3 cm³/mol. The Balaban J connectivity index is 2.57. The number of amides is 1. The molecule has 16 heavy (non-hydrogen) atoms. The third-order valence-electron chi connectivity index (χ3n) is 2.03.